The smallest absolute Gasteiger partial charge is 0.351 e. The van der Waals surface area contributed by atoms with Crippen LogP contribution in [0.5, 0.6) is 0 Å². The first-order valence-electron chi connectivity index (χ1n) is 6.37. The van der Waals surface area contributed by atoms with Gasteiger partial charge < -0.3 is 10.4 Å². The van der Waals surface area contributed by atoms with E-state index in [2.05, 4.69) is 18.8 Å². The van der Waals surface area contributed by atoms with Gasteiger partial charge in [-0.3, -0.25) is 4.79 Å². The number of aryl methyl sites for hydroxylation is 1. The molecule has 1 aromatic rings. The number of unbranched alkanes of at least 4 members (excludes halogenated alkanes) is 2. The third-order valence-corrected chi connectivity index (χ3v) is 2.81. The second kappa shape index (κ2) is 7.36. The molecular formula is C15H19NO3. The van der Waals surface area contributed by atoms with Gasteiger partial charge in [0.05, 0.1) is 0 Å². The minimum absolute atomic E-state index is 0.322. The Morgan fingerprint density at radius 3 is 2.37 bits per heavy atom. The minimum atomic E-state index is -1.23. The summed E-state index contributed by atoms with van der Waals surface area (Å²) in [5.41, 5.74) is 1.29. The van der Waals surface area contributed by atoms with Crippen LogP contribution in [0, 0.1) is 0 Å². The summed E-state index contributed by atoms with van der Waals surface area (Å²) >= 11 is 0. The summed E-state index contributed by atoms with van der Waals surface area (Å²) in [6.07, 6.45) is 4.51. The predicted octanol–water partition coefficient (Wildman–Crippen LogP) is 2.75. The monoisotopic (exact) mass is 261 g/mol. The van der Waals surface area contributed by atoms with E-state index in [1.54, 1.807) is 12.1 Å². The van der Waals surface area contributed by atoms with Gasteiger partial charge in [0.25, 0.3) is 5.91 Å². The molecule has 0 aliphatic rings. The van der Waals surface area contributed by atoms with Crippen LogP contribution in [0.1, 0.15) is 42.1 Å². The Hall–Kier alpha value is -2.10. The van der Waals surface area contributed by atoms with Gasteiger partial charge in [-0.1, -0.05) is 38.5 Å². The maximum Gasteiger partial charge on any atom is 0.351 e. The third kappa shape index (κ3) is 4.95. The van der Waals surface area contributed by atoms with E-state index in [9.17, 15) is 9.59 Å². The van der Waals surface area contributed by atoms with Crippen molar-refractivity contribution in [2.24, 2.45) is 0 Å². The second-order valence-corrected chi connectivity index (χ2v) is 4.39. The molecule has 0 atom stereocenters. The zero-order valence-corrected chi connectivity index (χ0v) is 11.1. The van der Waals surface area contributed by atoms with Gasteiger partial charge in [-0.2, -0.15) is 0 Å². The normalized spacial score (nSPS) is 9.95. The number of benzene rings is 1. The molecule has 4 heteroatoms. The van der Waals surface area contributed by atoms with Crippen molar-refractivity contribution in [2.45, 2.75) is 32.6 Å². The van der Waals surface area contributed by atoms with E-state index in [-0.39, 0.29) is 5.70 Å². The quantitative estimate of drug-likeness (QED) is 0.586. The number of amides is 1. The number of aliphatic carboxylic acids is 1. The van der Waals surface area contributed by atoms with Crippen LogP contribution in [0.2, 0.25) is 0 Å². The summed E-state index contributed by atoms with van der Waals surface area (Å²) in [4.78, 5) is 22.2. The Labute approximate surface area is 113 Å². The van der Waals surface area contributed by atoms with Crippen LogP contribution in [0.15, 0.2) is 36.5 Å². The van der Waals surface area contributed by atoms with E-state index in [0.29, 0.717) is 5.56 Å². The fraction of sp³-hybridized carbons (Fsp3) is 0.333. The van der Waals surface area contributed by atoms with Gasteiger partial charge in [0.15, 0.2) is 0 Å². The number of carbonyl (C=O) groups is 2. The Morgan fingerprint density at radius 2 is 1.84 bits per heavy atom. The Kier molecular flexibility index (Phi) is 5.79. The molecule has 1 rings (SSSR count). The van der Waals surface area contributed by atoms with Gasteiger partial charge in [0, 0.05) is 5.56 Å². The van der Waals surface area contributed by atoms with Crippen LogP contribution >= 0.6 is 0 Å². The summed E-state index contributed by atoms with van der Waals surface area (Å²) < 4.78 is 0. The van der Waals surface area contributed by atoms with Gasteiger partial charge >= 0.3 is 5.97 Å². The van der Waals surface area contributed by atoms with Gasteiger partial charge in [-0.05, 0) is 30.5 Å². The van der Waals surface area contributed by atoms with Crippen LogP contribution in [0.4, 0.5) is 0 Å². The van der Waals surface area contributed by atoms with Gasteiger partial charge in [-0.15, -0.1) is 0 Å². The molecule has 102 valence electrons. The molecule has 0 radical (unpaired) electrons. The van der Waals surface area contributed by atoms with Crippen molar-refractivity contribution in [2.75, 3.05) is 0 Å². The van der Waals surface area contributed by atoms with Crippen LogP contribution < -0.4 is 5.32 Å². The summed E-state index contributed by atoms with van der Waals surface area (Å²) in [5, 5.41) is 10.9. The summed E-state index contributed by atoms with van der Waals surface area (Å²) in [6.45, 7) is 5.41. The summed E-state index contributed by atoms with van der Waals surface area (Å²) in [5.74, 6) is -1.68. The Morgan fingerprint density at radius 1 is 1.21 bits per heavy atom. The van der Waals surface area contributed by atoms with Crippen molar-refractivity contribution in [3.63, 3.8) is 0 Å². The SMILES string of the molecule is C=C(NC(=O)c1ccc(CCCCC)cc1)C(=O)O. The molecule has 1 aromatic carbocycles. The van der Waals surface area contributed by atoms with Crippen molar-refractivity contribution in [1.29, 1.82) is 0 Å². The first kappa shape index (κ1) is 15.0. The molecule has 0 aromatic heterocycles. The van der Waals surface area contributed by atoms with Crippen molar-refractivity contribution >= 4 is 11.9 Å². The van der Waals surface area contributed by atoms with E-state index >= 15 is 0 Å². The van der Waals surface area contributed by atoms with Gasteiger partial charge in [-0.25, -0.2) is 4.79 Å². The van der Waals surface area contributed by atoms with E-state index in [1.165, 1.54) is 18.4 Å². The standard InChI is InChI=1S/C15H19NO3/c1-3-4-5-6-12-7-9-13(10-8-12)14(17)16-11(2)15(18)19/h7-10H,2-6H2,1H3,(H,16,17)(H,18,19). The molecule has 2 N–H and O–H groups in total. The fourth-order valence-electron chi connectivity index (χ4n) is 1.66. The van der Waals surface area contributed by atoms with Crippen LogP contribution in [-0.4, -0.2) is 17.0 Å². The predicted molar refractivity (Wildman–Crippen MR) is 73.9 cm³/mol. The lowest BCUT2D eigenvalue weighted by Gasteiger charge is -2.05. The maximum atomic E-state index is 11.7. The summed E-state index contributed by atoms with van der Waals surface area (Å²) in [6, 6.07) is 7.19. The first-order chi connectivity index (χ1) is 9.04. The number of nitrogens with one attached hydrogen (secondary N) is 1. The van der Waals surface area contributed by atoms with E-state index in [1.807, 2.05) is 12.1 Å². The molecule has 0 unspecified atom stereocenters. The highest BCUT2D eigenvalue weighted by atomic mass is 16.4. The van der Waals surface area contributed by atoms with E-state index in [4.69, 9.17) is 5.11 Å². The average molecular weight is 261 g/mol. The highest BCUT2D eigenvalue weighted by Crippen LogP contribution is 2.09. The molecule has 0 heterocycles. The van der Waals surface area contributed by atoms with Crippen molar-refractivity contribution in [3.05, 3.63) is 47.7 Å². The van der Waals surface area contributed by atoms with Crippen molar-refractivity contribution in [3.8, 4) is 0 Å². The summed E-state index contributed by atoms with van der Waals surface area (Å²) in [7, 11) is 0. The van der Waals surface area contributed by atoms with Gasteiger partial charge in [0.2, 0.25) is 0 Å². The topological polar surface area (TPSA) is 66.4 Å². The molecule has 0 aliphatic carbocycles. The first-order valence-corrected chi connectivity index (χ1v) is 6.37. The molecule has 1 amide bonds. The zero-order valence-electron chi connectivity index (χ0n) is 11.1. The van der Waals surface area contributed by atoms with E-state index < -0.39 is 11.9 Å². The lowest BCUT2D eigenvalue weighted by atomic mass is 10.1. The number of carbonyl (C=O) groups excluding carboxylic acids is 1. The third-order valence-electron chi connectivity index (χ3n) is 2.81. The van der Waals surface area contributed by atoms with Gasteiger partial charge in [0.1, 0.15) is 5.70 Å². The fourth-order valence-corrected chi connectivity index (χ4v) is 1.66. The maximum absolute atomic E-state index is 11.7. The number of hydrogen-bond acceptors (Lipinski definition) is 2. The Bertz CT molecular complexity index is 463. The highest BCUT2D eigenvalue weighted by molar-refractivity contribution is 6.00. The minimum Gasteiger partial charge on any atom is -0.477 e. The van der Waals surface area contributed by atoms with Crippen LogP contribution in [-0.2, 0) is 11.2 Å². The number of hydrogen-bond donors (Lipinski definition) is 2. The highest BCUT2D eigenvalue weighted by Gasteiger charge is 2.10. The van der Waals surface area contributed by atoms with Crippen LogP contribution in [0.25, 0.3) is 0 Å². The van der Waals surface area contributed by atoms with Crippen molar-refractivity contribution in [1.82, 2.24) is 5.32 Å². The number of carboxylic acid groups (broad SMARTS) is 1. The molecule has 0 aliphatic heterocycles. The lowest BCUT2D eigenvalue weighted by Crippen LogP contribution is -2.26. The molecule has 0 bridgehead atoms. The molecule has 4 nitrogen and oxygen atoms in total. The Balaban J connectivity index is 2.58. The molecule has 0 fully saturated rings. The molecule has 0 spiro atoms. The zero-order chi connectivity index (χ0) is 14.3. The molecule has 0 saturated heterocycles. The van der Waals surface area contributed by atoms with E-state index in [0.717, 1.165) is 12.8 Å². The molecular weight excluding hydrogens is 242 g/mol. The van der Waals surface area contributed by atoms with Crippen LogP contribution in [0.3, 0.4) is 0 Å². The van der Waals surface area contributed by atoms with Crippen molar-refractivity contribution < 1.29 is 14.7 Å². The molecule has 19 heavy (non-hydrogen) atoms. The molecule has 0 saturated carbocycles. The largest absolute Gasteiger partial charge is 0.477 e. The second-order valence-electron chi connectivity index (χ2n) is 4.39. The lowest BCUT2D eigenvalue weighted by molar-refractivity contribution is -0.132. The number of carboxylic acids is 1. The average Bonchev–Trinajstić information content (AvgIpc) is 2.39. The number of rotatable bonds is 7.